The van der Waals surface area contributed by atoms with Gasteiger partial charge in [0.1, 0.15) is 24.6 Å². The highest BCUT2D eigenvalue weighted by atomic mass is 16.5. The number of amides is 1. The van der Waals surface area contributed by atoms with Gasteiger partial charge in [-0.3, -0.25) is 0 Å². The van der Waals surface area contributed by atoms with Gasteiger partial charge in [-0.15, -0.1) is 0 Å². The van der Waals surface area contributed by atoms with Gasteiger partial charge >= 0.3 is 6.09 Å². The molecule has 188 valence electrons. The number of rotatable bonds is 8. The molecule has 6 nitrogen and oxygen atoms in total. The zero-order valence-corrected chi connectivity index (χ0v) is 20.5. The molecule has 0 saturated heterocycles. The number of para-hydroxylation sites is 1. The molecule has 0 bridgehead atoms. The molecule has 4 aromatic rings. The fourth-order valence-corrected chi connectivity index (χ4v) is 4.91. The first kappa shape index (κ1) is 24.6. The SMILES string of the molecule is COc1ccccc1-c1ccc(C(O)C(O)CNC(=O)OCC2c3ccccc3-c3ccccc32)cc1. The van der Waals surface area contributed by atoms with Gasteiger partial charge in [0, 0.05) is 18.0 Å². The van der Waals surface area contributed by atoms with E-state index < -0.39 is 18.3 Å². The highest BCUT2D eigenvalue weighted by Gasteiger charge is 2.29. The third-order valence-electron chi connectivity index (χ3n) is 6.83. The average Bonchev–Trinajstić information content (AvgIpc) is 3.28. The summed E-state index contributed by atoms with van der Waals surface area (Å²) >= 11 is 0. The summed E-state index contributed by atoms with van der Waals surface area (Å²) in [5, 5.41) is 23.7. The Hall–Kier alpha value is -4.13. The van der Waals surface area contributed by atoms with Crippen LogP contribution in [0.2, 0.25) is 0 Å². The lowest BCUT2D eigenvalue weighted by Crippen LogP contribution is -2.36. The van der Waals surface area contributed by atoms with Crippen molar-refractivity contribution in [3.63, 3.8) is 0 Å². The minimum atomic E-state index is -1.20. The Labute approximate surface area is 216 Å². The largest absolute Gasteiger partial charge is 0.496 e. The normalized spacial score (nSPS) is 13.8. The van der Waals surface area contributed by atoms with E-state index in [0.717, 1.165) is 39.1 Å². The number of carbonyl (C=O) groups is 1. The van der Waals surface area contributed by atoms with Gasteiger partial charge in [-0.05, 0) is 39.4 Å². The monoisotopic (exact) mass is 495 g/mol. The Balaban J connectivity index is 1.16. The number of hydrogen-bond acceptors (Lipinski definition) is 5. The Morgan fingerprint density at radius 3 is 2.00 bits per heavy atom. The summed E-state index contributed by atoms with van der Waals surface area (Å²) in [6, 6.07) is 31.2. The van der Waals surface area contributed by atoms with Crippen LogP contribution < -0.4 is 10.1 Å². The lowest BCUT2D eigenvalue weighted by atomic mass is 9.98. The number of alkyl carbamates (subject to hydrolysis) is 1. The zero-order valence-electron chi connectivity index (χ0n) is 20.5. The molecule has 1 amide bonds. The molecule has 6 heteroatoms. The third kappa shape index (κ3) is 5.07. The molecule has 2 unspecified atom stereocenters. The van der Waals surface area contributed by atoms with Crippen molar-refractivity contribution in [2.75, 3.05) is 20.3 Å². The fourth-order valence-electron chi connectivity index (χ4n) is 4.91. The summed E-state index contributed by atoms with van der Waals surface area (Å²) in [5.74, 6) is 0.707. The lowest BCUT2D eigenvalue weighted by Gasteiger charge is -2.20. The van der Waals surface area contributed by atoms with Crippen LogP contribution in [0.15, 0.2) is 97.1 Å². The molecular formula is C31H29NO5. The fraction of sp³-hybridized carbons (Fsp3) is 0.194. The number of hydrogen-bond donors (Lipinski definition) is 3. The molecular weight excluding hydrogens is 466 g/mol. The predicted molar refractivity (Wildman–Crippen MR) is 142 cm³/mol. The number of methoxy groups -OCH3 is 1. The van der Waals surface area contributed by atoms with Crippen molar-refractivity contribution in [3.8, 4) is 28.0 Å². The third-order valence-corrected chi connectivity index (χ3v) is 6.83. The van der Waals surface area contributed by atoms with Crippen molar-refractivity contribution in [1.29, 1.82) is 0 Å². The number of benzene rings is 4. The number of nitrogens with one attached hydrogen (secondary N) is 1. The summed E-state index contributed by atoms with van der Waals surface area (Å²) in [7, 11) is 1.62. The van der Waals surface area contributed by atoms with Crippen LogP contribution in [-0.4, -0.2) is 42.7 Å². The van der Waals surface area contributed by atoms with Gasteiger partial charge < -0.3 is 25.0 Å². The minimum Gasteiger partial charge on any atom is -0.496 e. The Bertz CT molecular complexity index is 1340. The smallest absolute Gasteiger partial charge is 0.407 e. The van der Waals surface area contributed by atoms with Crippen LogP contribution in [0.3, 0.4) is 0 Å². The number of ether oxygens (including phenoxy) is 2. The van der Waals surface area contributed by atoms with E-state index in [4.69, 9.17) is 9.47 Å². The second kappa shape index (κ2) is 10.9. The molecule has 37 heavy (non-hydrogen) atoms. The van der Waals surface area contributed by atoms with Crippen molar-refractivity contribution in [3.05, 3.63) is 114 Å². The number of carbonyl (C=O) groups excluding carboxylic acids is 1. The van der Waals surface area contributed by atoms with E-state index in [1.807, 2.05) is 60.7 Å². The highest BCUT2D eigenvalue weighted by Crippen LogP contribution is 2.44. The highest BCUT2D eigenvalue weighted by molar-refractivity contribution is 5.79. The van der Waals surface area contributed by atoms with E-state index in [9.17, 15) is 15.0 Å². The first-order chi connectivity index (χ1) is 18.1. The molecule has 0 aromatic heterocycles. The summed E-state index contributed by atoms with van der Waals surface area (Å²) in [4.78, 5) is 12.4. The summed E-state index contributed by atoms with van der Waals surface area (Å²) < 4.78 is 10.9. The number of fused-ring (bicyclic) bond motifs is 3. The molecule has 3 N–H and O–H groups in total. The molecule has 0 heterocycles. The van der Waals surface area contributed by atoms with Crippen molar-refractivity contribution in [2.24, 2.45) is 0 Å². The zero-order chi connectivity index (χ0) is 25.8. The summed E-state index contributed by atoms with van der Waals surface area (Å²) in [5.41, 5.74) is 6.97. The second-order valence-electron chi connectivity index (χ2n) is 9.04. The Kier molecular flexibility index (Phi) is 7.21. The molecule has 0 saturated carbocycles. The van der Waals surface area contributed by atoms with Gasteiger partial charge in [0.2, 0.25) is 0 Å². The van der Waals surface area contributed by atoms with Crippen molar-refractivity contribution in [1.82, 2.24) is 5.32 Å². The van der Waals surface area contributed by atoms with E-state index in [0.29, 0.717) is 5.56 Å². The molecule has 2 atom stereocenters. The molecule has 5 rings (SSSR count). The van der Waals surface area contributed by atoms with Crippen LogP contribution in [0.1, 0.15) is 28.7 Å². The van der Waals surface area contributed by atoms with Crippen molar-refractivity contribution >= 4 is 6.09 Å². The molecule has 1 aliphatic carbocycles. The lowest BCUT2D eigenvalue weighted by molar-refractivity contribution is 0.0185. The molecule has 0 aliphatic heterocycles. The maximum Gasteiger partial charge on any atom is 0.407 e. The first-order valence-corrected chi connectivity index (χ1v) is 12.2. The van der Waals surface area contributed by atoms with E-state index >= 15 is 0 Å². The molecule has 0 fully saturated rings. The van der Waals surface area contributed by atoms with Gasteiger partial charge in [-0.1, -0.05) is 91.0 Å². The average molecular weight is 496 g/mol. The Morgan fingerprint density at radius 1 is 0.811 bits per heavy atom. The quantitative estimate of drug-likeness (QED) is 0.309. The van der Waals surface area contributed by atoms with Gasteiger partial charge in [0.05, 0.1) is 7.11 Å². The second-order valence-corrected chi connectivity index (χ2v) is 9.04. The van der Waals surface area contributed by atoms with E-state index in [1.54, 1.807) is 19.2 Å². The van der Waals surface area contributed by atoms with Crippen LogP contribution in [0.5, 0.6) is 5.75 Å². The first-order valence-electron chi connectivity index (χ1n) is 12.2. The number of aliphatic hydroxyl groups excluding tert-OH is 2. The summed E-state index contributed by atoms with van der Waals surface area (Å²) in [6.45, 7) is 0.0367. The maximum absolute atomic E-state index is 12.4. The molecule has 0 radical (unpaired) electrons. The van der Waals surface area contributed by atoms with Crippen LogP contribution >= 0.6 is 0 Å². The van der Waals surface area contributed by atoms with Crippen molar-refractivity contribution in [2.45, 2.75) is 18.1 Å². The van der Waals surface area contributed by atoms with Gasteiger partial charge in [-0.2, -0.15) is 0 Å². The van der Waals surface area contributed by atoms with E-state index in [1.165, 1.54) is 0 Å². The van der Waals surface area contributed by atoms with Crippen LogP contribution in [0.25, 0.3) is 22.3 Å². The number of aliphatic hydroxyl groups is 2. The molecule has 0 spiro atoms. The van der Waals surface area contributed by atoms with Crippen LogP contribution in [0, 0.1) is 0 Å². The van der Waals surface area contributed by atoms with E-state index in [-0.39, 0.29) is 19.1 Å². The topological polar surface area (TPSA) is 88.0 Å². The van der Waals surface area contributed by atoms with Crippen LogP contribution in [-0.2, 0) is 4.74 Å². The van der Waals surface area contributed by atoms with E-state index in [2.05, 4.69) is 29.6 Å². The molecule has 1 aliphatic rings. The maximum atomic E-state index is 12.4. The standard InChI is InChI=1S/C31H29NO5/c1-36-29-13-7-6-8-22(29)20-14-16-21(17-15-20)30(34)28(33)18-32-31(35)37-19-27-25-11-4-2-9-23(25)24-10-3-5-12-26(24)27/h2-17,27-28,30,33-34H,18-19H2,1H3,(H,32,35). The van der Waals surface area contributed by atoms with Gasteiger partial charge in [-0.25, -0.2) is 4.79 Å². The Morgan fingerprint density at radius 2 is 1.38 bits per heavy atom. The van der Waals surface area contributed by atoms with Crippen LogP contribution in [0.4, 0.5) is 4.79 Å². The summed E-state index contributed by atoms with van der Waals surface area (Å²) in [6.07, 6.45) is -3.00. The predicted octanol–water partition coefficient (Wildman–Crippen LogP) is 5.30. The van der Waals surface area contributed by atoms with Gasteiger partial charge in [0.25, 0.3) is 0 Å². The van der Waals surface area contributed by atoms with Crippen molar-refractivity contribution < 1.29 is 24.5 Å². The van der Waals surface area contributed by atoms with Gasteiger partial charge in [0.15, 0.2) is 0 Å². The minimum absolute atomic E-state index is 0.0459. The molecule has 4 aromatic carbocycles.